The molecule has 0 N–H and O–H groups in total. The molecule has 0 radical (unpaired) electrons. The molecule has 2 rings (SSSR count). The van der Waals surface area contributed by atoms with Crippen LogP contribution in [0.5, 0.6) is 0 Å². The number of hydrogen-bond acceptors (Lipinski definition) is 5. The number of sulfone groups is 1. The maximum absolute atomic E-state index is 11.9. The van der Waals surface area contributed by atoms with Crippen molar-refractivity contribution in [2.75, 3.05) is 18.2 Å². The minimum atomic E-state index is -3.35. The second-order valence-corrected chi connectivity index (χ2v) is 7.96. The Morgan fingerprint density at radius 1 is 1.29 bits per heavy atom. The van der Waals surface area contributed by atoms with Gasteiger partial charge in [0.15, 0.2) is 15.6 Å². The van der Waals surface area contributed by atoms with Crippen molar-refractivity contribution in [3.63, 3.8) is 0 Å². The van der Waals surface area contributed by atoms with Gasteiger partial charge in [0, 0.05) is 23.7 Å². The number of Topliss-reactive ketones (excluding diaryl/α,β-unsaturated/α-hetero) is 1. The lowest BCUT2D eigenvalue weighted by Gasteiger charge is -2.22. The van der Waals surface area contributed by atoms with Crippen molar-refractivity contribution in [3.8, 4) is 0 Å². The Balaban J connectivity index is 2.47. The SMILES string of the molecule is CC(=O)c1ccc(S(C)(=O)=O)c(N(C)Cc2cccs2)c1. The van der Waals surface area contributed by atoms with Crippen molar-refractivity contribution in [1.29, 1.82) is 0 Å². The maximum atomic E-state index is 11.9. The average molecular weight is 323 g/mol. The number of thiophene rings is 1. The number of carbonyl (C=O) groups excluding carboxylic acids is 1. The van der Waals surface area contributed by atoms with Crippen LogP contribution < -0.4 is 4.90 Å². The Kier molecular flexibility index (Phi) is 4.49. The topological polar surface area (TPSA) is 54.5 Å². The highest BCUT2D eigenvalue weighted by atomic mass is 32.2. The standard InChI is InChI=1S/C15H17NO3S2/c1-11(17)12-6-7-15(21(3,18)19)14(9-12)16(2)10-13-5-4-8-20-13/h4-9H,10H2,1-3H3. The number of benzene rings is 1. The average Bonchev–Trinajstić information content (AvgIpc) is 2.89. The molecule has 0 unspecified atom stereocenters. The van der Waals surface area contributed by atoms with Gasteiger partial charge in [-0.05, 0) is 36.6 Å². The van der Waals surface area contributed by atoms with E-state index in [4.69, 9.17) is 0 Å². The van der Waals surface area contributed by atoms with Crippen molar-refractivity contribution >= 4 is 32.6 Å². The van der Waals surface area contributed by atoms with E-state index < -0.39 is 9.84 Å². The summed E-state index contributed by atoms with van der Waals surface area (Å²) in [6, 6.07) is 8.66. The van der Waals surface area contributed by atoms with Crippen molar-refractivity contribution in [1.82, 2.24) is 0 Å². The van der Waals surface area contributed by atoms with Gasteiger partial charge in [0.2, 0.25) is 0 Å². The molecule has 0 bridgehead atoms. The molecule has 0 spiro atoms. The first kappa shape index (κ1) is 15.7. The van der Waals surface area contributed by atoms with Crippen LogP contribution in [0.2, 0.25) is 0 Å². The molecule has 0 atom stereocenters. The second kappa shape index (κ2) is 5.99. The minimum absolute atomic E-state index is 0.0826. The maximum Gasteiger partial charge on any atom is 0.177 e. The molecule has 21 heavy (non-hydrogen) atoms. The predicted octanol–water partition coefficient (Wildman–Crippen LogP) is 2.99. The van der Waals surface area contributed by atoms with Crippen LogP contribution in [-0.2, 0) is 16.4 Å². The number of anilines is 1. The van der Waals surface area contributed by atoms with E-state index in [1.54, 1.807) is 23.5 Å². The van der Waals surface area contributed by atoms with Crippen molar-refractivity contribution in [2.45, 2.75) is 18.4 Å². The minimum Gasteiger partial charge on any atom is -0.368 e. The van der Waals surface area contributed by atoms with Crippen LogP contribution in [-0.4, -0.2) is 27.5 Å². The normalized spacial score (nSPS) is 11.4. The van der Waals surface area contributed by atoms with Crippen LogP contribution in [0.4, 0.5) is 5.69 Å². The zero-order chi connectivity index (χ0) is 15.6. The summed E-state index contributed by atoms with van der Waals surface area (Å²) in [7, 11) is -1.52. The Labute approximate surface area is 129 Å². The Bertz CT molecular complexity index is 749. The van der Waals surface area contributed by atoms with Gasteiger partial charge < -0.3 is 4.90 Å². The second-order valence-electron chi connectivity index (χ2n) is 4.95. The Morgan fingerprint density at radius 2 is 2.00 bits per heavy atom. The van der Waals surface area contributed by atoms with E-state index in [2.05, 4.69) is 0 Å². The first-order valence-electron chi connectivity index (χ1n) is 6.37. The summed E-state index contributed by atoms with van der Waals surface area (Å²) in [4.78, 5) is 14.8. The Morgan fingerprint density at radius 3 is 2.52 bits per heavy atom. The first-order chi connectivity index (χ1) is 9.79. The van der Waals surface area contributed by atoms with E-state index in [9.17, 15) is 13.2 Å². The van der Waals surface area contributed by atoms with Gasteiger partial charge >= 0.3 is 0 Å². The molecule has 1 aromatic heterocycles. The molecule has 0 saturated carbocycles. The molecule has 6 heteroatoms. The van der Waals surface area contributed by atoms with E-state index in [1.165, 1.54) is 19.2 Å². The van der Waals surface area contributed by atoms with E-state index in [0.29, 0.717) is 17.8 Å². The van der Waals surface area contributed by atoms with Crippen molar-refractivity contribution < 1.29 is 13.2 Å². The molecule has 1 aromatic carbocycles. The number of carbonyl (C=O) groups is 1. The third-order valence-electron chi connectivity index (χ3n) is 3.15. The summed E-state index contributed by atoms with van der Waals surface area (Å²) in [5, 5.41) is 1.98. The molecule has 0 fully saturated rings. The molecule has 0 amide bonds. The van der Waals surface area contributed by atoms with Gasteiger partial charge in [-0.3, -0.25) is 4.79 Å². The highest BCUT2D eigenvalue weighted by Crippen LogP contribution is 2.28. The molecule has 0 aliphatic rings. The fraction of sp³-hybridized carbons (Fsp3) is 0.267. The fourth-order valence-electron chi connectivity index (χ4n) is 2.07. The number of rotatable bonds is 5. The highest BCUT2D eigenvalue weighted by Gasteiger charge is 2.18. The van der Waals surface area contributed by atoms with Crippen LogP contribution >= 0.6 is 11.3 Å². The van der Waals surface area contributed by atoms with Crippen LogP contribution in [0.1, 0.15) is 22.2 Å². The Hall–Kier alpha value is -1.66. The lowest BCUT2D eigenvalue weighted by molar-refractivity contribution is 0.101. The van der Waals surface area contributed by atoms with Crippen molar-refractivity contribution in [3.05, 3.63) is 46.2 Å². The fourth-order valence-corrected chi connectivity index (χ4v) is 3.74. The van der Waals surface area contributed by atoms with Gasteiger partial charge in [-0.25, -0.2) is 8.42 Å². The number of ketones is 1. The molecule has 0 aliphatic heterocycles. The summed E-state index contributed by atoms with van der Waals surface area (Å²) in [6.07, 6.45) is 1.18. The van der Waals surface area contributed by atoms with Gasteiger partial charge in [-0.1, -0.05) is 6.07 Å². The lowest BCUT2D eigenvalue weighted by Crippen LogP contribution is -2.19. The molecular weight excluding hydrogens is 306 g/mol. The van der Waals surface area contributed by atoms with E-state index in [1.807, 2.05) is 29.5 Å². The monoisotopic (exact) mass is 323 g/mol. The van der Waals surface area contributed by atoms with E-state index >= 15 is 0 Å². The van der Waals surface area contributed by atoms with Crippen LogP contribution in [0.25, 0.3) is 0 Å². The van der Waals surface area contributed by atoms with Crippen LogP contribution in [0.3, 0.4) is 0 Å². The smallest absolute Gasteiger partial charge is 0.177 e. The molecule has 4 nitrogen and oxygen atoms in total. The van der Waals surface area contributed by atoms with Gasteiger partial charge in [0.1, 0.15) is 0 Å². The van der Waals surface area contributed by atoms with Gasteiger partial charge in [0.05, 0.1) is 17.1 Å². The summed E-state index contributed by atoms with van der Waals surface area (Å²) in [5.74, 6) is -0.0826. The molecule has 112 valence electrons. The molecular formula is C15H17NO3S2. The molecule has 2 aromatic rings. The number of nitrogens with zero attached hydrogens (tertiary/aromatic N) is 1. The zero-order valence-corrected chi connectivity index (χ0v) is 13.8. The third kappa shape index (κ3) is 3.71. The summed E-state index contributed by atoms with van der Waals surface area (Å²) < 4.78 is 23.9. The summed E-state index contributed by atoms with van der Waals surface area (Å²) in [5.41, 5.74) is 1.06. The van der Waals surface area contributed by atoms with Crippen LogP contribution in [0.15, 0.2) is 40.6 Å². The quantitative estimate of drug-likeness (QED) is 0.794. The lowest BCUT2D eigenvalue weighted by atomic mass is 10.1. The molecule has 1 heterocycles. The highest BCUT2D eigenvalue weighted by molar-refractivity contribution is 7.90. The van der Waals surface area contributed by atoms with Gasteiger partial charge in [-0.15, -0.1) is 11.3 Å². The summed E-state index contributed by atoms with van der Waals surface area (Å²) >= 11 is 1.61. The predicted molar refractivity (Wildman–Crippen MR) is 86.0 cm³/mol. The van der Waals surface area contributed by atoms with Gasteiger partial charge in [-0.2, -0.15) is 0 Å². The van der Waals surface area contributed by atoms with Crippen molar-refractivity contribution in [2.24, 2.45) is 0 Å². The molecule has 0 saturated heterocycles. The van der Waals surface area contributed by atoms with Gasteiger partial charge in [0.25, 0.3) is 0 Å². The molecule has 0 aliphatic carbocycles. The van der Waals surface area contributed by atoms with E-state index in [-0.39, 0.29) is 10.7 Å². The zero-order valence-electron chi connectivity index (χ0n) is 12.2. The van der Waals surface area contributed by atoms with E-state index in [0.717, 1.165) is 4.88 Å². The van der Waals surface area contributed by atoms with Crippen LogP contribution in [0, 0.1) is 0 Å². The third-order valence-corrected chi connectivity index (χ3v) is 5.15. The summed E-state index contributed by atoms with van der Waals surface area (Å²) in [6.45, 7) is 2.07. The number of hydrogen-bond donors (Lipinski definition) is 0. The largest absolute Gasteiger partial charge is 0.368 e. The first-order valence-corrected chi connectivity index (χ1v) is 9.14.